The summed E-state index contributed by atoms with van der Waals surface area (Å²) in [5.41, 5.74) is 10.8. The Morgan fingerprint density at radius 3 is 0.968 bits per heavy atom. The molecule has 0 aliphatic rings. The van der Waals surface area contributed by atoms with E-state index in [1.165, 1.54) is 54.3 Å². The Morgan fingerprint density at radius 2 is 0.742 bits per heavy atom. The van der Waals surface area contributed by atoms with Gasteiger partial charge in [-0.2, -0.15) is 0 Å². The first-order valence-corrected chi connectivity index (χ1v) is 12.6. The van der Waals surface area contributed by atoms with Crippen LogP contribution in [0.2, 0.25) is 0 Å². The summed E-state index contributed by atoms with van der Waals surface area (Å²) in [4.78, 5) is 2.64. The summed E-state index contributed by atoms with van der Waals surface area (Å²) in [6.45, 7) is 8.65. The summed E-state index contributed by atoms with van der Waals surface area (Å²) in [6, 6.07) is 26.5. The fraction of sp³-hybridized carbons (Fsp3) is 0.214. The molecule has 0 aromatic heterocycles. The van der Waals surface area contributed by atoms with E-state index in [1.54, 1.807) is 23.5 Å². The first-order chi connectivity index (χ1) is 14.4. The molecule has 0 saturated carbocycles. The summed E-state index contributed by atoms with van der Waals surface area (Å²) in [7, 11) is 0. The molecule has 0 N–H and O–H groups in total. The Bertz CT molecular complexity index is 955. The van der Waals surface area contributed by atoms with E-state index >= 15 is 0 Å². The third-order valence-corrected chi connectivity index (χ3v) is 7.07. The second-order valence-electron chi connectivity index (χ2n) is 7.68. The van der Waals surface area contributed by atoms with E-state index in [1.807, 2.05) is 0 Å². The van der Waals surface area contributed by atoms with Gasteiger partial charge in [-0.15, -0.1) is 105 Å². The van der Waals surface area contributed by atoms with E-state index in [-0.39, 0.29) is 26.2 Å². The number of thioether (sulfide) groups is 2. The van der Waals surface area contributed by atoms with Crippen molar-refractivity contribution in [1.29, 1.82) is 0 Å². The van der Waals surface area contributed by atoms with E-state index in [4.69, 9.17) is 0 Å². The van der Waals surface area contributed by atoms with Gasteiger partial charge in [0.2, 0.25) is 0 Å². The summed E-state index contributed by atoms with van der Waals surface area (Å²) in [5, 5.41) is 0. The normalized spacial score (nSPS) is 10.3. The van der Waals surface area contributed by atoms with Gasteiger partial charge in [0.1, 0.15) is 0 Å². The van der Waals surface area contributed by atoms with Gasteiger partial charge in [-0.25, -0.2) is 0 Å². The number of hydrogen-bond donors (Lipinski definition) is 0. The van der Waals surface area contributed by atoms with Gasteiger partial charge in [0.15, 0.2) is 0 Å². The number of hydrogen-bond acceptors (Lipinski definition) is 2. The maximum Gasteiger partial charge on any atom is 2.00 e. The third-order valence-electron chi connectivity index (χ3n) is 5.58. The molecule has 0 heterocycles. The van der Waals surface area contributed by atoms with Crippen LogP contribution in [0.1, 0.15) is 22.3 Å². The van der Waals surface area contributed by atoms with Crippen molar-refractivity contribution in [1.82, 2.24) is 0 Å². The predicted molar refractivity (Wildman–Crippen MR) is 137 cm³/mol. The summed E-state index contributed by atoms with van der Waals surface area (Å²) < 4.78 is 0. The summed E-state index contributed by atoms with van der Waals surface area (Å²) in [6.07, 6.45) is 4.21. The van der Waals surface area contributed by atoms with Gasteiger partial charge in [-0.05, 0) is 22.3 Å². The average molecular weight is 522 g/mol. The second kappa shape index (κ2) is 12.1. The van der Waals surface area contributed by atoms with Crippen molar-refractivity contribution in [2.45, 2.75) is 37.5 Å². The van der Waals surface area contributed by atoms with Crippen LogP contribution in [-0.2, 0) is 26.2 Å². The Hall–Kier alpha value is -1.28. The van der Waals surface area contributed by atoms with Gasteiger partial charge in [0.25, 0.3) is 0 Å². The summed E-state index contributed by atoms with van der Waals surface area (Å²) >= 11 is 3.56. The molecule has 158 valence electrons. The van der Waals surface area contributed by atoms with Crippen LogP contribution in [0.5, 0.6) is 0 Å². The molecule has 0 aliphatic heterocycles. The number of rotatable bonds is 4. The molecule has 0 radical (unpaired) electrons. The van der Waals surface area contributed by atoms with Crippen LogP contribution in [0.3, 0.4) is 0 Å². The van der Waals surface area contributed by atoms with Crippen LogP contribution < -0.4 is 0 Å². The van der Waals surface area contributed by atoms with Crippen molar-refractivity contribution in [2.24, 2.45) is 0 Å². The molecule has 0 bridgehead atoms. The van der Waals surface area contributed by atoms with Crippen molar-refractivity contribution in [3.63, 3.8) is 0 Å². The van der Waals surface area contributed by atoms with E-state index in [2.05, 4.69) is 113 Å². The SMILES string of the molecule is CSc1ccc(-[c-]2cc(C)c(C)c2)cc1.CSc1ccc(-[c-]2cc(C)c(C)c2)cc1.[Zr+2]. The van der Waals surface area contributed by atoms with Crippen LogP contribution in [0.25, 0.3) is 22.3 Å². The molecule has 0 spiro atoms. The zero-order chi connectivity index (χ0) is 21.7. The molecule has 31 heavy (non-hydrogen) atoms. The van der Waals surface area contributed by atoms with E-state index in [0.717, 1.165) is 0 Å². The fourth-order valence-corrected chi connectivity index (χ4v) is 4.19. The van der Waals surface area contributed by atoms with Gasteiger partial charge in [-0.3, -0.25) is 0 Å². The van der Waals surface area contributed by atoms with Crippen LogP contribution >= 0.6 is 23.5 Å². The first-order valence-electron chi connectivity index (χ1n) is 10.2. The minimum Gasteiger partial charge on any atom is -0.137 e. The molecule has 0 saturated heterocycles. The van der Waals surface area contributed by atoms with E-state index < -0.39 is 0 Å². The van der Waals surface area contributed by atoms with E-state index in [9.17, 15) is 0 Å². The van der Waals surface area contributed by atoms with Crippen molar-refractivity contribution < 1.29 is 26.2 Å². The molecule has 0 unspecified atom stereocenters. The second-order valence-corrected chi connectivity index (χ2v) is 9.44. The molecular formula is C28H30S2Zr. The standard InChI is InChI=1S/2C14H15S.Zr/c2*1-10-8-13(9-11(10)2)12-4-6-14(15-3)7-5-12;/h2*4-9H,1-3H3;/q2*-1;+2. The third kappa shape index (κ3) is 6.85. The molecule has 0 aliphatic carbocycles. The first kappa shape index (κ1) is 26.0. The Balaban J connectivity index is 0.000000213. The smallest absolute Gasteiger partial charge is 0.137 e. The maximum absolute atomic E-state index is 2.25. The molecule has 4 rings (SSSR count). The monoisotopic (exact) mass is 520 g/mol. The average Bonchev–Trinajstić information content (AvgIpc) is 3.29. The molecule has 0 fully saturated rings. The minimum absolute atomic E-state index is 0. The zero-order valence-electron chi connectivity index (χ0n) is 19.2. The number of aryl methyl sites for hydroxylation is 4. The van der Waals surface area contributed by atoms with Crippen LogP contribution in [-0.4, -0.2) is 12.5 Å². The maximum atomic E-state index is 2.25. The van der Waals surface area contributed by atoms with E-state index in [0.29, 0.717) is 0 Å². The van der Waals surface area contributed by atoms with Crippen LogP contribution in [0.15, 0.2) is 82.6 Å². The van der Waals surface area contributed by atoms with Crippen molar-refractivity contribution in [3.8, 4) is 22.3 Å². The molecule has 0 nitrogen and oxygen atoms in total. The van der Waals surface area contributed by atoms with Gasteiger partial charge in [0.05, 0.1) is 0 Å². The predicted octanol–water partition coefficient (Wildman–Crippen LogP) is 8.82. The van der Waals surface area contributed by atoms with Crippen LogP contribution in [0, 0.1) is 27.7 Å². The molecule has 0 atom stereocenters. The van der Waals surface area contributed by atoms with Gasteiger partial charge in [-0.1, -0.05) is 63.1 Å². The Kier molecular flexibility index (Phi) is 10.1. The summed E-state index contributed by atoms with van der Waals surface area (Å²) in [5.74, 6) is 0. The minimum atomic E-state index is 0. The fourth-order valence-electron chi connectivity index (χ4n) is 3.37. The topological polar surface area (TPSA) is 0 Å². The molecule has 4 aromatic carbocycles. The van der Waals surface area contributed by atoms with Crippen LogP contribution in [0.4, 0.5) is 0 Å². The molecular weight excluding hydrogens is 492 g/mol. The largest absolute Gasteiger partial charge is 2.00 e. The molecule has 3 heteroatoms. The quantitative estimate of drug-likeness (QED) is 0.194. The Labute approximate surface area is 215 Å². The van der Waals surface area contributed by atoms with Crippen molar-refractivity contribution >= 4 is 23.5 Å². The van der Waals surface area contributed by atoms with Gasteiger partial charge in [0, 0.05) is 0 Å². The van der Waals surface area contributed by atoms with Crippen molar-refractivity contribution in [3.05, 3.63) is 95.1 Å². The van der Waals surface area contributed by atoms with Crippen molar-refractivity contribution in [2.75, 3.05) is 12.5 Å². The van der Waals surface area contributed by atoms with Gasteiger partial charge >= 0.3 is 26.2 Å². The number of benzene rings is 2. The molecule has 4 aromatic rings. The zero-order valence-corrected chi connectivity index (χ0v) is 23.3. The molecule has 0 amide bonds. The van der Waals surface area contributed by atoms with Gasteiger partial charge < -0.3 is 0 Å². The Morgan fingerprint density at radius 1 is 0.484 bits per heavy atom.